The number of benzene rings is 2. The number of halogens is 1. The van der Waals surface area contributed by atoms with Gasteiger partial charge in [-0.2, -0.15) is 0 Å². The fourth-order valence-electron chi connectivity index (χ4n) is 4.10. The fourth-order valence-corrected chi connectivity index (χ4v) is 4.32. The Morgan fingerprint density at radius 1 is 1.21 bits per heavy atom. The summed E-state index contributed by atoms with van der Waals surface area (Å²) in [5.74, 6) is -0.124. The minimum Gasteiger partial charge on any atom is -0.495 e. The molecule has 0 amide bonds. The van der Waals surface area contributed by atoms with E-state index < -0.39 is 12.0 Å². The zero-order valence-corrected chi connectivity index (χ0v) is 17.0. The Balaban J connectivity index is 1.50. The van der Waals surface area contributed by atoms with Crippen LogP contribution < -0.4 is 4.74 Å². The first-order valence-corrected chi connectivity index (χ1v) is 10.0. The van der Waals surface area contributed by atoms with Crippen molar-refractivity contribution in [1.29, 1.82) is 0 Å². The molecule has 7 heteroatoms. The van der Waals surface area contributed by atoms with Crippen molar-refractivity contribution in [2.24, 2.45) is 0 Å². The van der Waals surface area contributed by atoms with Crippen LogP contribution in [0.15, 0.2) is 48.7 Å². The smallest absolute Gasteiger partial charge is 0.325 e. The Kier molecular flexibility index (Phi) is 5.76. The highest BCUT2D eigenvalue weighted by Gasteiger charge is 2.32. The molecule has 3 aromatic rings. The van der Waals surface area contributed by atoms with E-state index in [9.17, 15) is 9.90 Å². The van der Waals surface area contributed by atoms with E-state index in [1.54, 1.807) is 13.3 Å². The van der Waals surface area contributed by atoms with Crippen molar-refractivity contribution in [3.05, 3.63) is 64.8 Å². The molecule has 1 atom stereocenters. The van der Waals surface area contributed by atoms with E-state index in [0.717, 1.165) is 41.1 Å². The summed E-state index contributed by atoms with van der Waals surface area (Å²) >= 11 is 6.08. The SMILES string of the molecule is COc1cccc2c([C@@H](C(=O)O)N3CCN(Cc4cccc(Cl)c4)CC3)c[nH]c12. The van der Waals surface area contributed by atoms with Crippen LogP contribution in [0.1, 0.15) is 17.2 Å². The number of H-pyrrole nitrogens is 1. The molecule has 0 unspecified atom stereocenters. The van der Waals surface area contributed by atoms with Crippen LogP contribution >= 0.6 is 11.6 Å². The van der Waals surface area contributed by atoms with Crippen molar-refractivity contribution in [1.82, 2.24) is 14.8 Å². The average molecular weight is 414 g/mol. The molecule has 0 aliphatic carbocycles. The predicted octanol–water partition coefficient (Wildman–Crippen LogP) is 3.77. The highest BCUT2D eigenvalue weighted by molar-refractivity contribution is 6.30. The number of carboxylic acids is 1. The fraction of sp³-hybridized carbons (Fsp3) is 0.318. The molecule has 1 aromatic heterocycles. The number of rotatable bonds is 6. The van der Waals surface area contributed by atoms with Crippen molar-refractivity contribution in [3.8, 4) is 5.75 Å². The molecular weight excluding hydrogens is 390 g/mol. The van der Waals surface area contributed by atoms with Crippen LogP contribution in [-0.2, 0) is 11.3 Å². The monoisotopic (exact) mass is 413 g/mol. The van der Waals surface area contributed by atoms with Gasteiger partial charge in [0.2, 0.25) is 0 Å². The molecular formula is C22H24ClN3O3. The zero-order chi connectivity index (χ0) is 20.4. The number of ether oxygens (including phenoxy) is 1. The van der Waals surface area contributed by atoms with Crippen molar-refractivity contribution >= 4 is 28.5 Å². The highest BCUT2D eigenvalue weighted by Crippen LogP contribution is 2.33. The number of aromatic amines is 1. The second-order valence-electron chi connectivity index (χ2n) is 7.31. The molecule has 152 valence electrons. The number of aromatic nitrogens is 1. The first kappa shape index (κ1) is 19.8. The van der Waals surface area contributed by atoms with Crippen LogP contribution in [0.4, 0.5) is 0 Å². The lowest BCUT2D eigenvalue weighted by Gasteiger charge is -2.37. The van der Waals surface area contributed by atoms with Gasteiger partial charge in [0.1, 0.15) is 11.8 Å². The maximum atomic E-state index is 12.2. The average Bonchev–Trinajstić information content (AvgIpc) is 3.13. The number of nitrogens with one attached hydrogen (secondary N) is 1. The van der Waals surface area contributed by atoms with E-state index in [2.05, 4.69) is 16.0 Å². The van der Waals surface area contributed by atoms with Gasteiger partial charge in [0, 0.05) is 54.9 Å². The third kappa shape index (κ3) is 4.10. The number of nitrogens with zero attached hydrogens (tertiary/aromatic N) is 2. The maximum absolute atomic E-state index is 12.2. The maximum Gasteiger partial charge on any atom is 0.325 e. The van der Waals surface area contributed by atoms with Gasteiger partial charge in [-0.1, -0.05) is 35.9 Å². The molecule has 0 bridgehead atoms. The van der Waals surface area contributed by atoms with Crippen LogP contribution in [0.25, 0.3) is 10.9 Å². The van der Waals surface area contributed by atoms with Crippen molar-refractivity contribution in [2.75, 3.05) is 33.3 Å². The summed E-state index contributed by atoms with van der Waals surface area (Å²) in [7, 11) is 1.61. The molecule has 2 N–H and O–H groups in total. The first-order chi connectivity index (χ1) is 14.1. The van der Waals surface area contributed by atoms with Crippen LogP contribution in [0.2, 0.25) is 5.02 Å². The molecule has 1 aliphatic heterocycles. The quantitative estimate of drug-likeness (QED) is 0.643. The summed E-state index contributed by atoms with van der Waals surface area (Å²) in [5.41, 5.74) is 2.77. The van der Waals surface area contributed by atoms with Crippen molar-refractivity contribution < 1.29 is 14.6 Å². The number of aliphatic carboxylic acids is 1. The number of piperazine rings is 1. The molecule has 6 nitrogen and oxygen atoms in total. The third-order valence-electron chi connectivity index (χ3n) is 5.52. The number of carbonyl (C=O) groups is 1. The highest BCUT2D eigenvalue weighted by atomic mass is 35.5. The predicted molar refractivity (Wildman–Crippen MR) is 114 cm³/mol. The Labute approximate surface area is 174 Å². The molecule has 1 saturated heterocycles. The molecule has 2 aromatic carbocycles. The lowest BCUT2D eigenvalue weighted by molar-refractivity contribution is -0.144. The number of methoxy groups -OCH3 is 1. The number of hydrogen-bond donors (Lipinski definition) is 2. The van der Waals surface area contributed by atoms with Gasteiger partial charge < -0.3 is 14.8 Å². The zero-order valence-electron chi connectivity index (χ0n) is 16.3. The van der Waals surface area contributed by atoms with E-state index in [4.69, 9.17) is 16.3 Å². The summed E-state index contributed by atoms with van der Waals surface area (Å²) in [6, 6.07) is 12.9. The number of fused-ring (bicyclic) bond motifs is 1. The number of para-hydroxylation sites is 1. The van der Waals surface area contributed by atoms with Gasteiger partial charge >= 0.3 is 5.97 Å². The summed E-state index contributed by atoms with van der Waals surface area (Å²) in [5, 5.41) is 11.6. The number of hydrogen-bond acceptors (Lipinski definition) is 4. The first-order valence-electron chi connectivity index (χ1n) is 9.64. The van der Waals surface area contributed by atoms with Crippen LogP contribution in [0.5, 0.6) is 5.75 Å². The molecule has 0 radical (unpaired) electrons. The molecule has 1 aliphatic rings. The van der Waals surface area contributed by atoms with E-state index in [-0.39, 0.29) is 0 Å². The number of carboxylic acid groups (broad SMARTS) is 1. The van der Waals surface area contributed by atoms with Gasteiger partial charge in [-0.25, -0.2) is 0 Å². The van der Waals surface area contributed by atoms with Gasteiger partial charge in [-0.05, 0) is 23.8 Å². The summed E-state index contributed by atoms with van der Waals surface area (Å²) in [6.45, 7) is 3.81. The Hall–Kier alpha value is -2.54. The van der Waals surface area contributed by atoms with E-state index in [0.29, 0.717) is 18.8 Å². The largest absolute Gasteiger partial charge is 0.495 e. The lowest BCUT2D eigenvalue weighted by Crippen LogP contribution is -2.48. The third-order valence-corrected chi connectivity index (χ3v) is 5.76. The van der Waals surface area contributed by atoms with Crippen LogP contribution in [0, 0.1) is 0 Å². The van der Waals surface area contributed by atoms with Crippen molar-refractivity contribution in [2.45, 2.75) is 12.6 Å². The molecule has 0 saturated carbocycles. The molecule has 2 heterocycles. The van der Waals surface area contributed by atoms with Gasteiger partial charge in [0.25, 0.3) is 0 Å². The van der Waals surface area contributed by atoms with Gasteiger partial charge in [-0.3, -0.25) is 14.6 Å². The summed E-state index contributed by atoms with van der Waals surface area (Å²) in [4.78, 5) is 19.8. The van der Waals surface area contributed by atoms with E-state index in [1.165, 1.54) is 5.56 Å². The van der Waals surface area contributed by atoms with Crippen LogP contribution in [-0.4, -0.2) is 59.1 Å². The second-order valence-corrected chi connectivity index (χ2v) is 7.75. The minimum atomic E-state index is -0.836. The van der Waals surface area contributed by atoms with Crippen molar-refractivity contribution in [3.63, 3.8) is 0 Å². The van der Waals surface area contributed by atoms with Gasteiger partial charge in [-0.15, -0.1) is 0 Å². The summed E-state index contributed by atoms with van der Waals surface area (Å²) < 4.78 is 5.40. The van der Waals surface area contributed by atoms with E-state index >= 15 is 0 Å². The Morgan fingerprint density at radius 2 is 1.97 bits per heavy atom. The standard InChI is InChI=1S/C22H24ClN3O3/c1-29-19-7-3-6-17-18(13-24-20(17)19)21(22(27)28)26-10-8-25(9-11-26)14-15-4-2-5-16(23)12-15/h2-7,12-13,21,24H,8-11,14H2,1H3,(H,27,28)/t21-/m0/s1. The topological polar surface area (TPSA) is 68.8 Å². The molecule has 29 heavy (non-hydrogen) atoms. The molecule has 1 fully saturated rings. The summed E-state index contributed by atoms with van der Waals surface area (Å²) in [6.07, 6.45) is 1.80. The molecule has 0 spiro atoms. The van der Waals surface area contributed by atoms with Gasteiger partial charge in [0.05, 0.1) is 12.6 Å². The van der Waals surface area contributed by atoms with Crippen LogP contribution in [0.3, 0.4) is 0 Å². The van der Waals surface area contributed by atoms with E-state index in [1.807, 2.05) is 41.3 Å². The lowest BCUT2D eigenvalue weighted by atomic mass is 10.0. The minimum absolute atomic E-state index is 0.689. The molecule has 4 rings (SSSR count). The van der Waals surface area contributed by atoms with Gasteiger partial charge in [0.15, 0.2) is 0 Å². The second kappa shape index (κ2) is 8.45. The Bertz CT molecular complexity index is 1010. The Morgan fingerprint density at radius 3 is 2.66 bits per heavy atom. The normalized spacial score (nSPS) is 16.8.